The molecule has 4 rings (SSSR count). The van der Waals surface area contributed by atoms with Gasteiger partial charge < -0.3 is 14.2 Å². The molecule has 2 aromatic carbocycles. The quantitative estimate of drug-likeness (QED) is 0.199. The summed E-state index contributed by atoms with van der Waals surface area (Å²) in [6, 6.07) is 12.0. The molecular weight excluding hydrogens is 524 g/mol. The van der Waals surface area contributed by atoms with Gasteiger partial charge >= 0.3 is 11.9 Å². The molecular formula is C24H22N2O9S2. The van der Waals surface area contributed by atoms with E-state index in [1.54, 1.807) is 37.4 Å². The molecule has 37 heavy (non-hydrogen) atoms. The molecule has 2 aliphatic heterocycles. The Kier molecular flexibility index (Phi) is 7.64. The standard InChI is InChI=1S/C24H22N2O9S2/c1-13(34-14(2)27)19-21(28)25-20(23(29)33-12-15-4-6-16(7-5-15)26(30)31)24(36-22(19)25)35-17-8-10-18(11-9-17)37(3)32/h4-11,13,19,22H,12H2,1-3H3. The molecule has 4 atom stereocenters. The summed E-state index contributed by atoms with van der Waals surface area (Å²) >= 11 is 1.13. The van der Waals surface area contributed by atoms with E-state index in [-0.39, 0.29) is 23.1 Å². The first kappa shape index (κ1) is 26.4. The first-order chi connectivity index (χ1) is 17.6. The lowest BCUT2D eigenvalue weighted by Crippen LogP contribution is -2.61. The molecule has 2 aliphatic rings. The summed E-state index contributed by atoms with van der Waals surface area (Å²) in [5.74, 6) is -2.08. The van der Waals surface area contributed by atoms with E-state index in [9.17, 15) is 28.7 Å². The van der Waals surface area contributed by atoms with Crippen LogP contribution in [0.25, 0.3) is 0 Å². The average molecular weight is 547 g/mol. The highest BCUT2D eigenvalue weighted by molar-refractivity contribution is 8.03. The zero-order valence-corrected chi connectivity index (χ0v) is 21.6. The minimum atomic E-state index is -1.18. The molecule has 0 saturated carbocycles. The normalized spacial score (nSPS) is 20.0. The van der Waals surface area contributed by atoms with E-state index < -0.39 is 51.0 Å². The Labute approximate surface area is 218 Å². The smallest absolute Gasteiger partial charge is 0.359 e. The Morgan fingerprint density at radius 3 is 2.38 bits per heavy atom. The summed E-state index contributed by atoms with van der Waals surface area (Å²) in [4.78, 5) is 49.7. The fraction of sp³-hybridized carbons (Fsp3) is 0.292. The average Bonchev–Trinajstić information content (AvgIpc) is 3.16. The molecule has 1 fully saturated rings. The van der Waals surface area contributed by atoms with E-state index in [2.05, 4.69) is 0 Å². The van der Waals surface area contributed by atoms with Gasteiger partial charge in [-0.05, 0) is 48.9 Å². The number of carbonyl (C=O) groups excluding carboxylic acids is 3. The van der Waals surface area contributed by atoms with Gasteiger partial charge in [0, 0.05) is 41.0 Å². The van der Waals surface area contributed by atoms with Crippen LogP contribution in [0.1, 0.15) is 19.4 Å². The van der Waals surface area contributed by atoms with Crippen molar-refractivity contribution >= 4 is 46.1 Å². The first-order valence-corrected chi connectivity index (χ1v) is 13.4. The predicted molar refractivity (Wildman–Crippen MR) is 132 cm³/mol. The van der Waals surface area contributed by atoms with Crippen molar-refractivity contribution in [2.75, 3.05) is 6.26 Å². The number of β-lactam (4-membered cyclic amide) rings is 1. The number of non-ortho nitro benzene ring substituents is 1. The highest BCUT2D eigenvalue weighted by Crippen LogP contribution is 2.51. The monoisotopic (exact) mass is 546 g/mol. The highest BCUT2D eigenvalue weighted by Gasteiger charge is 2.59. The molecule has 0 spiro atoms. The predicted octanol–water partition coefficient (Wildman–Crippen LogP) is 3.11. The minimum Gasteiger partial charge on any atom is -0.462 e. The SMILES string of the molecule is CC(=O)OC(C)C1C(=O)N2C(C(=O)OCc3ccc([N+](=O)[O-])cc3)=C(Oc3ccc(S(C)=O)cc3)SC12. The maximum atomic E-state index is 13.1. The van der Waals surface area contributed by atoms with E-state index in [1.165, 1.54) is 36.1 Å². The molecule has 0 radical (unpaired) electrons. The molecule has 1 saturated heterocycles. The second-order valence-electron chi connectivity index (χ2n) is 8.22. The number of hydrogen-bond acceptors (Lipinski definition) is 10. The summed E-state index contributed by atoms with van der Waals surface area (Å²) in [6.07, 6.45) is 0.833. The molecule has 1 amide bonds. The van der Waals surface area contributed by atoms with Crippen molar-refractivity contribution < 1.29 is 37.7 Å². The summed E-state index contributed by atoms with van der Waals surface area (Å²) in [5, 5.41) is 10.4. The van der Waals surface area contributed by atoms with E-state index in [1.807, 2.05) is 0 Å². The van der Waals surface area contributed by atoms with Gasteiger partial charge in [0.15, 0.2) is 10.8 Å². The molecule has 0 aliphatic carbocycles. The van der Waals surface area contributed by atoms with Crippen molar-refractivity contribution in [3.8, 4) is 5.75 Å². The maximum absolute atomic E-state index is 13.1. The fourth-order valence-electron chi connectivity index (χ4n) is 3.87. The van der Waals surface area contributed by atoms with Crippen LogP contribution in [0, 0.1) is 16.0 Å². The summed E-state index contributed by atoms with van der Waals surface area (Å²) in [7, 11) is -1.18. The Balaban J connectivity index is 1.56. The second-order valence-corrected chi connectivity index (χ2v) is 10.7. The summed E-state index contributed by atoms with van der Waals surface area (Å²) in [6.45, 7) is 2.67. The van der Waals surface area contributed by atoms with Crippen LogP contribution in [-0.2, 0) is 41.3 Å². The van der Waals surface area contributed by atoms with Gasteiger partial charge in [0.2, 0.25) is 5.91 Å². The molecule has 194 valence electrons. The number of benzene rings is 2. The van der Waals surface area contributed by atoms with Crippen molar-refractivity contribution in [2.24, 2.45) is 5.92 Å². The first-order valence-electron chi connectivity index (χ1n) is 11.0. The van der Waals surface area contributed by atoms with Gasteiger partial charge in [-0.25, -0.2) is 4.79 Å². The van der Waals surface area contributed by atoms with Crippen LogP contribution < -0.4 is 4.74 Å². The number of nitro groups is 1. The van der Waals surface area contributed by atoms with Crippen LogP contribution in [0.15, 0.2) is 64.2 Å². The third-order valence-corrected chi connectivity index (χ3v) is 7.85. The van der Waals surface area contributed by atoms with Gasteiger partial charge in [0.1, 0.15) is 29.8 Å². The van der Waals surface area contributed by atoms with Gasteiger partial charge in [0.05, 0.1) is 4.92 Å². The zero-order chi connectivity index (χ0) is 26.9. The maximum Gasteiger partial charge on any atom is 0.359 e. The zero-order valence-electron chi connectivity index (χ0n) is 19.9. The molecule has 0 bridgehead atoms. The number of nitro benzene ring substituents is 1. The Bertz CT molecular complexity index is 1310. The largest absolute Gasteiger partial charge is 0.462 e. The number of amides is 1. The molecule has 0 aromatic heterocycles. The van der Waals surface area contributed by atoms with Crippen LogP contribution in [0.3, 0.4) is 0 Å². The molecule has 13 heteroatoms. The Morgan fingerprint density at radius 2 is 1.81 bits per heavy atom. The summed E-state index contributed by atoms with van der Waals surface area (Å²) < 4.78 is 28.2. The Hall–Kier alpha value is -3.71. The molecule has 2 heterocycles. The van der Waals surface area contributed by atoms with E-state index in [0.717, 1.165) is 11.8 Å². The van der Waals surface area contributed by atoms with Gasteiger partial charge in [-0.3, -0.25) is 28.8 Å². The van der Waals surface area contributed by atoms with Crippen molar-refractivity contribution in [1.29, 1.82) is 0 Å². The summed E-state index contributed by atoms with van der Waals surface area (Å²) in [5.41, 5.74) is 0.334. The van der Waals surface area contributed by atoms with Crippen LogP contribution in [0.5, 0.6) is 5.75 Å². The minimum absolute atomic E-state index is 0.0867. The van der Waals surface area contributed by atoms with Crippen molar-refractivity contribution in [3.05, 3.63) is 75.0 Å². The number of carbonyl (C=O) groups is 3. The topological polar surface area (TPSA) is 142 Å². The van der Waals surface area contributed by atoms with E-state index in [4.69, 9.17) is 14.2 Å². The molecule has 2 aromatic rings. The third kappa shape index (κ3) is 5.52. The third-order valence-electron chi connectivity index (χ3n) is 5.68. The van der Waals surface area contributed by atoms with Crippen molar-refractivity contribution in [1.82, 2.24) is 4.90 Å². The number of ether oxygens (including phenoxy) is 3. The second kappa shape index (κ2) is 10.7. The lowest BCUT2D eigenvalue weighted by atomic mass is 9.92. The van der Waals surface area contributed by atoms with Gasteiger partial charge in [0.25, 0.3) is 5.69 Å². The molecule has 4 unspecified atom stereocenters. The molecule has 0 N–H and O–H groups in total. The number of nitrogens with zero attached hydrogens (tertiary/aromatic N) is 2. The number of hydrogen-bond donors (Lipinski definition) is 0. The van der Waals surface area contributed by atoms with E-state index >= 15 is 0 Å². The molecule has 11 nitrogen and oxygen atoms in total. The van der Waals surface area contributed by atoms with Gasteiger partial charge in [-0.1, -0.05) is 11.8 Å². The van der Waals surface area contributed by atoms with Crippen molar-refractivity contribution in [2.45, 2.75) is 36.8 Å². The van der Waals surface area contributed by atoms with Crippen LogP contribution in [-0.4, -0.2) is 49.6 Å². The fourth-order valence-corrected chi connectivity index (χ4v) is 5.85. The van der Waals surface area contributed by atoms with Crippen LogP contribution >= 0.6 is 11.8 Å². The highest BCUT2D eigenvalue weighted by atomic mass is 32.2. The van der Waals surface area contributed by atoms with Gasteiger partial charge in [-0.2, -0.15) is 0 Å². The van der Waals surface area contributed by atoms with Gasteiger partial charge in [-0.15, -0.1) is 0 Å². The van der Waals surface area contributed by atoms with Crippen LogP contribution in [0.2, 0.25) is 0 Å². The van der Waals surface area contributed by atoms with E-state index in [0.29, 0.717) is 16.2 Å². The lowest BCUT2D eigenvalue weighted by molar-refractivity contribution is -0.384. The number of thioether (sulfide) groups is 1. The Morgan fingerprint density at radius 1 is 1.16 bits per heavy atom. The van der Waals surface area contributed by atoms with Crippen molar-refractivity contribution in [3.63, 3.8) is 0 Å². The number of esters is 2. The lowest BCUT2D eigenvalue weighted by Gasteiger charge is -2.44. The number of rotatable bonds is 9. The van der Waals surface area contributed by atoms with Crippen LogP contribution in [0.4, 0.5) is 5.69 Å². The number of fused-ring (bicyclic) bond motifs is 1.